The van der Waals surface area contributed by atoms with Gasteiger partial charge in [0.2, 0.25) is 0 Å². The van der Waals surface area contributed by atoms with E-state index in [0.717, 1.165) is 0 Å². The number of carbonyl (C=O) groups excluding carboxylic acids is 1. The van der Waals surface area contributed by atoms with Gasteiger partial charge in [0.1, 0.15) is 0 Å². The Hall–Kier alpha value is -2.08. The summed E-state index contributed by atoms with van der Waals surface area (Å²) in [5.41, 5.74) is 0.582. The zero-order valence-corrected chi connectivity index (χ0v) is 11.2. The zero-order valence-electron chi connectivity index (χ0n) is 11.2. The lowest BCUT2D eigenvalue weighted by molar-refractivity contribution is 0.0505. The molecule has 20 heavy (non-hydrogen) atoms. The predicted octanol–water partition coefficient (Wildman–Crippen LogP) is 1.62. The number of benzene rings is 1. The zero-order chi connectivity index (χ0) is 14.7. The number of aliphatic hydroxyl groups excluding tert-OH is 1. The van der Waals surface area contributed by atoms with E-state index in [1.165, 1.54) is 12.1 Å². The molecule has 6 nitrogen and oxygen atoms in total. The lowest BCUT2D eigenvalue weighted by atomic mass is 9.97. The first kappa shape index (κ1) is 14.3. The highest BCUT2D eigenvalue weighted by Crippen LogP contribution is 2.18. The number of urea groups is 1. The van der Waals surface area contributed by atoms with E-state index in [0.29, 0.717) is 25.2 Å². The van der Waals surface area contributed by atoms with Crippen molar-refractivity contribution in [3.63, 3.8) is 0 Å². The summed E-state index contributed by atoms with van der Waals surface area (Å²) in [5, 5.41) is 21.2. The molecular weight excluding hydrogens is 260 g/mol. The van der Waals surface area contributed by atoms with Crippen molar-refractivity contribution in [1.29, 1.82) is 0 Å². The average Bonchev–Trinajstić information content (AvgIpc) is 2.42. The molecule has 0 aromatic heterocycles. The molecular formula is C14H18N2O4. The van der Waals surface area contributed by atoms with Crippen LogP contribution in [0.1, 0.15) is 23.7 Å². The first-order valence-electron chi connectivity index (χ1n) is 6.54. The Kier molecular flexibility index (Phi) is 4.24. The molecule has 0 aliphatic carbocycles. The molecule has 2 rings (SSSR count). The van der Waals surface area contributed by atoms with E-state index in [2.05, 4.69) is 5.32 Å². The quantitative estimate of drug-likeness (QED) is 0.766. The van der Waals surface area contributed by atoms with E-state index >= 15 is 0 Å². The molecule has 0 bridgehead atoms. The number of anilines is 1. The molecule has 6 heteroatoms. The van der Waals surface area contributed by atoms with Crippen LogP contribution in [-0.2, 0) is 0 Å². The van der Waals surface area contributed by atoms with E-state index in [-0.39, 0.29) is 23.6 Å². The number of piperidine rings is 1. The summed E-state index contributed by atoms with van der Waals surface area (Å²) in [4.78, 5) is 24.6. The largest absolute Gasteiger partial charge is 0.478 e. The maximum atomic E-state index is 12.1. The number of aliphatic hydroxyl groups is 1. The van der Waals surface area contributed by atoms with Crippen molar-refractivity contribution in [2.75, 3.05) is 18.4 Å². The molecule has 1 aromatic carbocycles. The Morgan fingerprint density at radius 3 is 2.80 bits per heavy atom. The van der Waals surface area contributed by atoms with Crippen LogP contribution in [0.25, 0.3) is 0 Å². The number of hydrogen-bond donors (Lipinski definition) is 3. The van der Waals surface area contributed by atoms with Crippen LogP contribution in [0.15, 0.2) is 24.3 Å². The Bertz CT molecular complexity index is 518. The first-order chi connectivity index (χ1) is 9.47. The van der Waals surface area contributed by atoms with Gasteiger partial charge in [0.05, 0.1) is 11.7 Å². The van der Waals surface area contributed by atoms with Crippen LogP contribution >= 0.6 is 0 Å². The van der Waals surface area contributed by atoms with Gasteiger partial charge in [0.25, 0.3) is 0 Å². The fourth-order valence-electron chi connectivity index (χ4n) is 2.25. The molecule has 1 aromatic rings. The molecule has 1 heterocycles. The molecule has 2 unspecified atom stereocenters. The Labute approximate surface area is 117 Å². The maximum absolute atomic E-state index is 12.1. The van der Waals surface area contributed by atoms with Gasteiger partial charge in [-0.05, 0) is 30.5 Å². The molecule has 1 aliphatic rings. The van der Waals surface area contributed by atoms with Crippen molar-refractivity contribution in [3.05, 3.63) is 29.8 Å². The average molecular weight is 278 g/mol. The topological polar surface area (TPSA) is 89.9 Å². The Morgan fingerprint density at radius 2 is 2.15 bits per heavy atom. The van der Waals surface area contributed by atoms with Gasteiger partial charge in [-0.25, -0.2) is 9.59 Å². The van der Waals surface area contributed by atoms with Gasteiger partial charge >= 0.3 is 12.0 Å². The van der Waals surface area contributed by atoms with Gasteiger partial charge in [-0.2, -0.15) is 0 Å². The van der Waals surface area contributed by atoms with Crippen LogP contribution < -0.4 is 5.32 Å². The summed E-state index contributed by atoms with van der Waals surface area (Å²) in [6, 6.07) is 5.85. The van der Waals surface area contributed by atoms with E-state index in [4.69, 9.17) is 5.11 Å². The number of carbonyl (C=O) groups is 2. The first-order valence-corrected chi connectivity index (χ1v) is 6.54. The Morgan fingerprint density at radius 1 is 1.40 bits per heavy atom. The van der Waals surface area contributed by atoms with Gasteiger partial charge in [0.15, 0.2) is 0 Å². The van der Waals surface area contributed by atoms with Crippen molar-refractivity contribution in [2.24, 2.45) is 5.92 Å². The number of likely N-dealkylation sites (tertiary alicyclic amines) is 1. The van der Waals surface area contributed by atoms with Gasteiger partial charge in [0, 0.05) is 18.8 Å². The summed E-state index contributed by atoms with van der Waals surface area (Å²) in [5.74, 6) is -0.990. The van der Waals surface area contributed by atoms with Crippen LogP contribution in [0.3, 0.4) is 0 Å². The van der Waals surface area contributed by atoms with Crippen molar-refractivity contribution in [2.45, 2.75) is 19.4 Å². The maximum Gasteiger partial charge on any atom is 0.335 e. The number of nitrogens with zero attached hydrogens (tertiary/aromatic N) is 1. The number of amides is 2. The molecule has 1 fully saturated rings. The van der Waals surface area contributed by atoms with Crippen molar-refractivity contribution >= 4 is 17.7 Å². The molecule has 0 saturated carbocycles. The number of aromatic carboxylic acids is 1. The Balaban J connectivity index is 2.01. The van der Waals surface area contributed by atoms with Crippen LogP contribution in [0.4, 0.5) is 10.5 Å². The fourth-order valence-corrected chi connectivity index (χ4v) is 2.25. The van der Waals surface area contributed by atoms with Gasteiger partial charge in [-0.3, -0.25) is 0 Å². The fraction of sp³-hybridized carbons (Fsp3) is 0.429. The normalized spacial score (nSPS) is 22.4. The highest BCUT2D eigenvalue weighted by Gasteiger charge is 2.27. The minimum atomic E-state index is -1.03. The van der Waals surface area contributed by atoms with Gasteiger partial charge in [-0.15, -0.1) is 0 Å². The molecule has 1 saturated heterocycles. The molecule has 3 N–H and O–H groups in total. The monoisotopic (exact) mass is 278 g/mol. The highest BCUT2D eigenvalue weighted by atomic mass is 16.4. The molecule has 2 atom stereocenters. The van der Waals surface area contributed by atoms with Gasteiger partial charge in [-0.1, -0.05) is 13.0 Å². The van der Waals surface area contributed by atoms with E-state index in [9.17, 15) is 14.7 Å². The van der Waals surface area contributed by atoms with Crippen molar-refractivity contribution < 1.29 is 19.8 Å². The second kappa shape index (κ2) is 5.92. The van der Waals surface area contributed by atoms with E-state index in [1.807, 2.05) is 6.92 Å². The van der Waals surface area contributed by atoms with Crippen LogP contribution in [0, 0.1) is 5.92 Å². The number of hydrogen-bond acceptors (Lipinski definition) is 3. The summed E-state index contributed by atoms with van der Waals surface area (Å²) in [6.45, 7) is 2.89. The van der Waals surface area contributed by atoms with Crippen molar-refractivity contribution in [3.8, 4) is 0 Å². The van der Waals surface area contributed by atoms with Gasteiger partial charge < -0.3 is 20.4 Å². The summed E-state index contributed by atoms with van der Waals surface area (Å²) in [6.07, 6.45) is 0.193. The lowest BCUT2D eigenvalue weighted by Gasteiger charge is -2.34. The number of carboxylic acid groups (broad SMARTS) is 1. The van der Waals surface area contributed by atoms with Crippen LogP contribution in [0.5, 0.6) is 0 Å². The van der Waals surface area contributed by atoms with Crippen LogP contribution in [0.2, 0.25) is 0 Å². The second-order valence-corrected chi connectivity index (χ2v) is 5.10. The highest BCUT2D eigenvalue weighted by molar-refractivity contribution is 5.93. The number of rotatable bonds is 2. The number of nitrogens with one attached hydrogen (secondary N) is 1. The molecule has 2 amide bonds. The molecule has 0 radical (unpaired) electrons. The smallest absolute Gasteiger partial charge is 0.335 e. The third kappa shape index (κ3) is 3.27. The lowest BCUT2D eigenvalue weighted by Crippen LogP contribution is -2.46. The molecule has 0 spiro atoms. The van der Waals surface area contributed by atoms with E-state index < -0.39 is 5.97 Å². The van der Waals surface area contributed by atoms with Crippen LogP contribution in [-0.4, -0.2) is 46.3 Å². The molecule has 1 aliphatic heterocycles. The minimum Gasteiger partial charge on any atom is -0.478 e. The third-order valence-electron chi connectivity index (χ3n) is 3.51. The number of carboxylic acids is 1. The third-order valence-corrected chi connectivity index (χ3v) is 3.51. The summed E-state index contributed by atoms with van der Waals surface area (Å²) >= 11 is 0. The van der Waals surface area contributed by atoms with E-state index in [1.54, 1.807) is 17.0 Å². The van der Waals surface area contributed by atoms with Crippen molar-refractivity contribution in [1.82, 2.24) is 4.90 Å². The second-order valence-electron chi connectivity index (χ2n) is 5.10. The standard InChI is InChI=1S/C14H18N2O4/c1-9-8-16(6-5-12(9)17)14(20)15-11-4-2-3-10(7-11)13(18)19/h2-4,7,9,12,17H,5-6,8H2,1H3,(H,15,20)(H,18,19). The SMILES string of the molecule is CC1CN(C(=O)Nc2cccc(C(=O)O)c2)CCC1O. The molecule has 108 valence electrons. The summed E-state index contributed by atoms with van der Waals surface area (Å²) in [7, 11) is 0. The minimum absolute atomic E-state index is 0.0415. The predicted molar refractivity (Wildman–Crippen MR) is 73.8 cm³/mol. The summed E-state index contributed by atoms with van der Waals surface area (Å²) < 4.78 is 0.